The molecule has 27 heavy (non-hydrogen) atoms. The second kappa shape index (κ2) is 7.46. The van der Waals surface area contributed by atoms with Gasteiger partial charge in [0.05, 0.1) is 17.5 Å². The van der Waals surface area contributed by atoms with E-state index in [9.17, 15) is 8.78 Å². The number of alkyl halides is 2. The highest BCUT2D eigenvalue weighted by Gasteiger charge is 2.34. The monoisotopic (exact) mass is 375 g/mol. The lowest BCUT2D eigenvalue weighted by Gasteiger charge is -2.32. The first-order valence-electron chi connectivity index (χ1n) is 8.85. The molecule has 0 atom stereocenters. The highest BCUT2D eigenvalue weighted by atomic mass is 19.3. The number of aromatic nitrogens is 2. The summed E-state index contributed by atoms with van der Waals surface area (Å²) < 4.78 is 32.4. The van der Waals surface area contributed by atoms with Gasteiger partial charge >= 0.3 is 0 Å². The zero-order valence-electron chi connectivity index (χ0n) is 15.4. The van der Waals surface area contributed by atoms with E-state index in [1.807, 2.05) is 13.8 Å². The van der Waals surface area contributed by atoms with Crippen molar-refractivity contribution in [3.63, 3.8) is 0 Å². The zero-order chi connectivity index (χ0) is 19.6. The van der Waals surface area contributed by atoms with E-state index in [4.69, 9.17) is 15.9 Å². The molecule has 0 aliphatic carbocycles. The first-order valence-corrected chi connectivity index (χ1v) is 8.85. The average Bonchev–Trinajstić information content (AvgIpc) is 2.62. The minimum absolute atomic E-state index is 0.00135. The third-order valence-corrected chi connectivity index (χ3v) is 4.39. The van der Waals surface area contributed by atoms with Crippen LogP contribution in [0, 0.1) is 5.41 Å². The van der Waals surface area contributed by atoms with E-state index >= 15 is 0 Å². The van der Waals surface area contributed by atoms with Gasteiger partial charge in [0, 0.05) is 43.2 Å². The topological polar surface area (TPSA) is 88.1 Å². The molecule has 2 heterocycles. The fraction of sp³-hybridized carbons (Fsp3) is 0.421. The highest BCUT2D eigenvalue weighted by Crippen LogP contribution is 2.30. The minimum Gasteiger partial charge on any atom is -0.491 e. The number of benzene rings is 1. The van der Waals surface area contributed by atoms with Gasteiger partial charge in [-0.1, -0.05) is 0 Å². The molecule has 1 aliphatic heterocycles. The Morgan fingerprint density at radius 2 is 1.93 bits per heavy atom. The molecule has 0 spiro atoms. The van der Waals surface area contributed by atoms with Gasteiger partial charge in [-0.25, -0.2) is 18.7 Å². The predicted molar refractivity (Wildman–Crippen MR) is 101 cm³/mol. The van der Waals surface area contributed by atoms with Gasteiger partial charge < -0.3 is 15.4 Å². The van der Waals surface area contributed by atoms with E-state index in [1.54, 1.807) is 29.2 Å². The van der Waals surface area contributed by atoms with Gasteiger partial charge in [0.2, 0.25) is 0 Å². The summed E-state index contributed by atoms with van der Waals surface area (Å²) in [5, 5.41) is 8.50. The van der Waals surface area contributed by atoms with Crippen LogP contribution in [0.15, 0.2) is 30.6 Å². The number of nitrogens with two attached hydrogens (primary N) is 1. The van der Waals surface area contributed by atoms with Crippen LogP contribution < -0.4 is 15.4 Å². The van der Waals surface area contributed by atoms with Crippen LogP contribution >= 0.6 is 0 Å². The summed E-state index contributed by atoms with van der Waals surface area (Å²) in [4.78, 5) is 10.1. The normalized spacial score (nSPS) is 16.4. The predicted octanol–water partition coefficient (Wildman–Crippen LogP) is 3.50. The number of ether oxygens (including phenoxy) is 1. The van der Waals surface area contributed by atoms with E-state index in [1.165, 1.54) is 6.33 Å². The van der Waals surface area contributed by atoms with Crippen LogP contribution in [0.5, 0.6) is 5.75 Å². The number of rotatable bonds is 5. The maximum Gasteiger partial charge on any atom is 0.251 e. The quantitative estimate of drug-likeness (QED) is 0.617. The van der Waals surface area contributed by atoms with Crippen molar-refractivity contribution < 1.29 is 13.5 Å². The molecule has 0 amide bonds. The second-order valence-electron chi connectivity index (χ2n) is 6.90. The Bertz CT molecular complexity index is 831. The number of nitrogen functional groups attached to an aromatic ring is 1. The lowest BCUT2D eigenvalue weighted by atomic mass is 10.0. The largest absolute Gasteiger partial charge is 0.491 e. The van der Waals surface area contributed by atoms with Crippen molar-refractivity contribution in [2.75, 3.05) is 23.7 Å². The van der Waals surface area contributed by atoms with Crippen LogP contribution in [-0.2, 0) is 0 Å². The van der Waals surface area contributed by atoms with E-state index in [0.717, 1.165) is 0 Å². The zero-order valence-corrected chi connectivity index (χ0v) is 15.4. The van der Waals surface area contributed by atoms with Crippen molar-refractivity contribution in [3.8, 4) is 5.75 Å². The minimum atomic E-state index is -2.62. The van der Waals surface area contributed by atoms with Crippen LogP contribution in [0.2, 0.25) is 0 Å². The van der Waals surface area contributed by atoms with Crippen LogP contribution in [0.4, 0.5) is 20.3 Å². The third-order valence-electron chi connectivity index (χ3n) is 4.39. The number of anilines is 2. The number of hydrogen-bond donors (Lipinski definition) is 2. The fourth-order valence-corrected chi connectivity index (χ4v) is 2.96. The van der Waals surface area contributed by atoms with Crippen LogP contribution in [0.3, 0.4) is 0 Å². The molecule has 0 unspecified atom stereocenters. The molecule has 6 nitrogen and oxygen atoms in total. The Hall–Kier alpha value is -2.77. The SMILES string of the molecule is CC(C)Oc1ccc(N)c(C(=N)c2cc(N3CCC(F)(F)CC3)ncn2)c1. The Morgan fingerprint density at radius 3 is 2.59 bits per heavy atom. The summed E-state index contributed by atoms with van der Waals surface area (Å²) in [6.07, 6.45) is 0.936. The maximum atomic E-state index is 13.4. The van der Waals surface area contributed by atoms with E-state index in [-0.39, 0.29) is 37.7 Å². The first kappa shape index (κ1) is 19.0. The molecule has 0 saturated carbocycles. The Labute approximate surface area is 156 Å². The molecule has 144 valence electrons. The third kappa shape index (κ3) is 4.50. The summed E-state index contributed by atoms with van der Waals surface area (Å²) in [6.45, 7) is 4.27. The smallest absolute Gasteiger partial charge is 0.251 e. The van der Waals surface area contributed by atoms with Gasteiger partial charge in [-0.3, -0.25) is 5.41 Å². The Morgan fingerprint density at radius 1 is 1.22 bits per heavy atom. The number of nitrogens with one attached hydrogen (secondary N) is 1. The van der Waals surface area contributed by atoms with E-state index < -0.39 is 5.92 Å². The molecule has 1 fully saturated rings. The molecule has 3 rings (SSSR count). The first-order chi connectivity index (χ1) is 12.7. The summed E-state index contributed by atoms with van der Waals surface area (Å²) >= 11 is 0. The molecule has 2 aromatic rings. The molecular formula is C19H23F2N5O. The van der Waals surface area contributed by atoms with Gasteiger partial charge in [-0.2, -0.15) is 0 Å². The molecule has 1 aliphatic rings. The molecule has 0 radical (unpaired) electrons. The molecule has 3 N–H and O–H groups in total. The van der Waals surface area contributed by atoms with Crippen molar-refractivity contribution in [2.24, 2.45) is 0 Å². The number of halogens is 2. The van der Waals surface area contributed by atoms with Crippen LogP contribution in [0.1, 0.15) is 37.9 Å². The Balaban J connectivity index is 1.84. The molecule has 0 bridgehead atoms. The van der Waals surface area contributed by atoms with Gasteiger partial charge in [-0.15, -0.1) is 0 Å². The highest BCUT2D eigenvalue weighted by molar-refractivity contribution is 6.13. The number of hydrogen-bond acceptors (Lipinski definition) is 6. The lowest BCUT2D eigenvalue weighted by Crippen LogP contribution is -2.39. The van der Waals surface area contributed by atoms with Gasteiger partial charge in [0.25, 0.3) is 5.92 Å². The van der Waals surface area contributed by atoms with Crippen molar-refractivity contribution in [3.05, 3.63) is 41.9 Å². The summed E-state index contributed by atoms with van der Waals surface area (Å²) in [5.74, 6) is -1.47. The standard InChI is InChI=1S/C19H23F2N5O/c1-12(2)27-13-3-4-15(22)14(9-13)18(23)16-10-17(25-11-24-16)26-7-5-19(20,21)6-8-26/h3-4,9-12,23H,5-8,22H2,1-2H3. The van der Waals surface area contributed by atoms with Gasteiger partial charge in [0.1, 0.15) is 17.9 Å². The van der Waals surface area contributed by atoms with Crippen LogP contribution in [0.25, 0.3) is 0 Å². The van der Waals surface area contributed by atoms with Crippen LogP contribution in [-0.4, -0.2) is 40.8 Å². The summed E-state index contributed by atoms with van der Waals surface area (Å²) in [5.41, 5.74) is 7.49. The molecule has 1 aromatic heterocycles. The summed E-state index contributed by atoms with van der Waals surface area (Å²) in [7, 11) is 0. The Kier molecular flexibility index (Phi) is 5.25. The second-order valence-corrected chi connectivity index (χ2v) is 6.90. The lowest BCUT2D eigenvalue weighted by molar-refractivity contribution is -0.0221. The maximum absolute atomic E-state index is 13.4. The molecule has 1 aromatic carbocycles. The van der Waals surface area contributed by atoms with Crippen molar-refractivity contribution in [1.29, 1.82) is 5.41 Å². The molecule has 8 heteroatoms. The number of piperidine rings is 1. The molecule has 1 saturated heterocycles. The van der Waals surface area contributed by atoms with E-state index in [2.05, 4.69) is 9.97 Å². The van der Waals surface area contributed by atoms with Gasteiger partial charge in [-0.05, 0) is 32.0 Å². The van der Waals surface area contributed by atoms with E-state index in [0.29, 0.717) is 28.5 Å². The van der Waals surface area contributed by atoms with Gasteiger partial charge in [0.15, 0.2) is 0 Å². The molecular weight excluding hydrogens is 352 g/mol. The van der Waals surface area contributed by atoms with Crippen molar-refractivity contribution >= 4 is 17.2 Å². The summed E-state index contributed by atoms with van der Waals surface area (Å²) in [6, 6.07) is 6.80. The number of nitrogens with zero attached hydrogens (tertiary/aromatic N) is 3. The average molecular weight is 375 g/mol. The van der Waals surface area contributed by atoms with Crippen molar-refractivity contribution in [1.82, 2.24) is 9.97 Å². The fourth-order valence-electron chi connectivity index (χ4n) is 2.96. The van der Waals surface area contributed by atoms with Crippen molar-refractivity contribution in [2.45, 2.75) is 38.7 Å².